The third kappa shape index (κ3) is 8.36. The lowest BCUT2D eigenvalue weighted by atomic mass is 9.84. The molecule has 2 aliphatic rings. The van der Waals surface area contributed by atoms with E-state index in [1.165, 1.54) is 98.3 Å². The Hall–Kier alpha value is -3.42. The largest absolute Gasteiger partial charge is 0.508 e. The highest BCUT2D eigenvalue weighted by atomic mass is 32.2. The van der Waals surface area contributed by atoms with Crippen LogP contribution in [0.4, 0.5) is 0 Å². The van der Waals surface area contributed by atoms with E-state index in [1.807, 2.05) is 24.3 Å². The van der Waals surface area contributed by atoms with E-state index >= 15 is 0 Å². The molecule has 0 spiro atoms. The predicted molar refractivity (Wildman–Crippen MR) is 173 cm³/mol. The number of phenols is 4. The van der Waals surface area contributed by atoms with Gasteiger partial charge in [0, 0.05) is 19.6 Å². The number of rotatable bonds is 6. The van der Waals surface area contributed by atoms with E-state index in [0.717, 1.165) is 11.1 Å². The van der Waals surface area contributed by atoms with Crippen LogP contribution >= 0.6 is 11.8 Å². The summed E-state index contributed by atoms with van der Waals surface area (Å²) in [4.78, 5) is 3.58. The molecule has 4 aromatic rings. The molecular formula is C36H40O5S2. The van der Waals surface area contributed by atoms with Crippen LogP contribution < -0.4 is 0 Å². The minimum Gasteiger partial charge on any atom is -0.508 e. The lowest BCUT2D eigenvalue weighted by molar-refractivity contribution is 0.413. The molecule has 4 N–H and O–H groups in total. The molecule has 2 fully saturated rings. The molecule has 6 rings (SSSR count). The molecule has 7 heteroatoms. The summed E-state index contributed by atoms with van der Waals surface area (Å²) in [6.07, 6.45) is 12.5. The standard InChI is InChI=1S/C24H30O2S.C12H10O3S/c25-23-13-11-19(15-21(23)17-7-3-1-4-8-17)27-20-12-14-24(26)22(16-20)18-9-5-2-6-10-18;13-9-1-5-11(6-2-9)16(15)12-7-3-10(14)4-8-12/h11-18,25-26H,1-10H2;1-8,13-14H. The van der Waals surface area contributed by atoms with Crippen molar-refractivity contribution in [1.29, 1.82) is 0 Å². The first-order valence-corrected chi connectivity index (χ1v) is 17.2. The van der Waals surface area contributed by atoms with E-state index in [2.05, 4.69) is 12.1 Å². The Morgan fingerprint density at radius 3 is 1.26 bits per heavy atom. The van der Waals surface area contributed by atoms with Crippen LogP contribution in [0.15, 0.2) is 105 Å². The molecule has 4 aromatic carbocycles. The van der Waals surface area contributed by atoms with E-state index in [-0.39, 0.29) is 11.5 Å². The zero-order valence-electron chi connectivity index (χ0n) is 24.3. The van der Waals surface area contributed by atoms with Gasteiger partial charge in [0.05, 0.1) is 10.8 Å². The van der Waals surface area contributed by atoms with Crippen molar-refractivity contribution < 1.29 is 24.6 Å². The summed E-state index contributed by atoms with van der Waals surface area (Å²) in [6.45, 7) is 0. The van der Waals surface area contributed by atoms with Gasteiger partial charge in [-0.2, -0.15) is 0 Å². The maximum Gasteiger partial charge on any atom is 0.119 e. The van der Waals surface area contributed by atoms with Gasteiger partial charge in [-0.3, -0.25) is 0 Å². The lowest BCUT2D eigenvalue weighted by Gasteiger charge is -2.24. The van der Waals surface area contributed by atoms with Gasteiger partial charge in [0.15, 0.2) is 0 Å². The van der Waals surface area contributed by atoms with Crippen molar-refractivity contribution in [1.82, 2.24) is 0 Å². The molecule has 0 saturated heterocycles. The molecule has 0 radical (unpaired) electrons. The smallest absolute Gasteiger partial charge is 0.119 e. The van der Waals surface area contributed by atoms with E-state index in [9.17, 15) is 14.4 Å². The van der Waals surface area contributed by atoms with Gasteiger partial charge in [-0.05, 0) is 134 Å². The molecule has 0 aromatic heterocycles. The highest BCUT2D eigenvalue weighted by Gasteiger charge is 2.21. The zero-order valence-corrected chi connectivity index (χ0v) is 26.0. The van der Waals surface area contributed by atoms with Gasteiger partial charge >= 0.3 is 0 Å². The normalized spacial score (nSPS) is 16.0. The summed E-state index contributed by atoms with van der Waals surface area (Å²) in [5.74, 6) is 2.17. The molecule has 0 atom stereocenters. The Labute approximate surface area is 261 Å². The van der Waals surface area contributed by atoms with E-state index in [4.69, 9.17) is 10.2 Å². The molecule has 0 bridgehead atoms. The number of hydrogen-bond acceptors (Lipinski definition) is 6. The zero-order chi connectivity index (χ0) is 30.2. The van der Waals surface area contributed by atoms with Crippen LogP contribution in [0.3, 0.4) is 0 Å². The maximum atomic E-state index is 12.0. The van der Waals surface area contributed by atoms with Crippen molar-refractivity contribution >= 4 is 22.6 Å². The fourth-order valence-corrected chi connectivity index (χ4v) is 8.04. The third-order valence-corrected chi connectivity index (χ3v) is 10.8. The van der Waals surface area contributed by atoms with Crippen LogP contribution in [-0.2, 0) is 10.8 Å². The lowest BCUT2D eigenvalue weighted by Crippen LogP contribution is -2.05. The Bertz CT molecular complexity index is 1390. The van der Waals surface area contributed by atoms with Crippen molar-refractivity contribution in [3.63, 3.8) is 0 Å². The molecule has 0 unspecified atom stereocenters. The average Bonchev–Trinajstić information content (AvgIpc) is 3.04. The van der Waals surface area contributed by atoms with Gasteiger partial charge in [0.1, 0.15) is 23.0 Å². The second-order valence-electron chi connectivity index (χ2n) is 11.5. The number of benzene rings is 4. The first kappa shape index (κ1) is 31.0. The van der Waals surface area contributed by atoms with E-state index < -0.39 is 10.8 Å². The minimum absolute atomic E-state index is 0.145. The van der Waals surface area contributed by atoms with E-state index in [1.54, 1.807) is 36.0 Å². The molecular weight excluding hydrogens is 577 g/mol. The van der Waals surface area contributed by atoms with Crippen LogP contribution in [0, 0.1) is 0 Å². The van der Waals surface area contributed by atoms with Crippen molar-refractivity contribution in [2.24, 2.45) is 0 Å². The Kier molecular flexibility index (Phi) is 10.7. The molecule has 2 aliphatic carbocycles. The van der Waals surface area contributed by atoms with Crippen molar-refractivity contribution in [3.05, 3.63) is 96.1 Å². The van der Waals surface area contributed by atoms with Crippen LogP contribution in [0.25, 0.3) is 0 Å². The highest BCUT2D eigenvalue weighted by Crippen LogP contribution is 2.42. The van der Waals surface area contributed by atoms with Crippen LogP contribution in [0.1, 0.15) is 87.2 Å². The summed E-state index contributed by atoms with van der Waals surface area (Å²) in [6, 6.07) is 24.5. The van der Waals surface area contributed by atoms with Gasteiger partial charge in [-0.15, -0.1) is 0 Å². The quantitative estimate of drug-likeness (QED) is 0.172. The topological polar surface area (TPSA) is 98.0 Å². The summed E-state index contributed by atoms with van der Waals surface area (Å²) in [5.41, 5.74) is 2.23. The fraction of sp³-hybridized carbons (Fsp3) is 0.333. The predicted octanol–water partition coefficient (Wildman–Crippen LogP) is 9.61. The average molecular weight is 617 g/mol. The Balaban J connectivity index is 0.000000196. The van der Waals surface area contributed by atoms with Crippen LogP contribution in [0.2, 0.25) is 0 Å². The molecule has 5 nitrogen and oxygen atoms in total. The highest BCUT2D eigenvalue weighted by molar-refractivity contribution is 7.99. The fourth-order valence-electron chi connectivity index (χ4n) is 6.08. The second kappa shape index (κ2) is 14.8. The molecule has 0 aliphatic heterocycles. The summed E-state index contributed by atoms with van der Waals surface area (Å²) < 4.78 is 12.0. The molecule has 226 valence electrons. The first-order valence-electron chi connectivity index (χ1n) is 15.2. The summed E-state index contributed by atoms with van der Waals surface area (Å²) in [5, 5.41) is 39.0. The van der Waals surface area contributed by atoms with Crippen molar-refractivity contribution in [2.75, 3.05) is 0 Å². The van der Waals surface area contributed by atoms with Gasteiger partial charge in [-0.25, -0.2) is 4.21 Å². The summed E-state index contributed by atoms with van der Waals surface area (Å²) in [7, 11) is -1.29. The van der Waals surface area contributed by atoms with Crippen LogP contribution in [0.5, 0.6) is 23.0 Å². The van der Waals surface area contributed by atoms with Crippen molar-refractivity contribution in [2.45, 2.75) is 95.6 Å². The Morgan fingerprint density at radius 2 is 0.884 bits per heavy atom. The van der Waals surface area contributed by atoms with E-state index in [0.29, 0.717) is 33.1 Å². The van der Waals surface area contributed by atoms with Gasteiger partial charge in [0.25, 0.3) is 0 Å². The van der Waals surface area contributed by atoms with Gasteiger partial charge < -0.3 is 20.4 Å². The van der Waals surface area contributed by atoms with Crippen molar-refractivity contribution in [3.8, 4) is 23.0 Å². The number of phenolic OH excluding ortho intramolecular Hbond substituents is 4. The second-order valence-corrected chi connectivity index (χ2v) is 14.1. The molecule has 0 amide bonds. The monoisotopic (exact) mass is 616 g/mol. The SMILES string of the molecule is O=S(c1ccc(O)cc1)c1ccc(O)cc1.Oc1ccc(Sc2ccc(O)c(C3CCCCC3)c2)cc1C1CCCCC1. The third-order valence-electron chi connectivity index (χ3n) is 8.43. The molecule has 0 heterocycles. The van der Waals surface area contributed by atoms with Gasteiger partial charge in [0.2, 0.25) is 0 Å². The molecule has 2 saturated carbocycles. The number of hydrogen-bond donors (Lipinski definition) is 4. The number of aromatic hydroxyl groups is 4. The summed E-state index contributed by atoms with van der Waals surface area (Å²) >= 11 is 1.74. The molecule has 43 heavy (non-hydrogen) atoms. The first-order chi connectivity index (χ1) is 20.9. The maximum absolute atomic E-state index is 12.0. The van der Waals surface area contributed by atoms with Gasteiger partial charge in [-0.1, -0.05) is 50.3 Å². The van der Waals surface area contributed by atoms with Crippen LogP contribution in [-0.4, -0.2) is 24.6 Å². The Morgan fingerprint density at radius 1 is 0.512 bits per heavy atom. The minimum atomic E-state index is -1.29.